The van der Waals surface area contributed by atoms with Crippen LogP contribution in [0.5, 0.6) is 11.5 Å². The molecule has 5 nitrogen and oxygen atoms in total. The Morgan fingerprint density at radius 3 is 2.56 bits per heavy atom. The van der Waals surface area contributed by atoms with Gasteiger partial charge in [0, 0.05) is 3.57 Å². The molecule has 0 aliphatic heterocycles. The Kier molecular flexibility index (Phi) is 7.45. The maximum atomic E-state index is 12.6. The fourth-order valence-electron chi connectivity index (χ4n) is 3.53. The molecule has 6 heteroatoms. The number of benzene rings is 4. The zero-order chi connectivity index (χ0) is 23.9. The van der Waals surface area contributed by atoms with Gasteiger partial charge < -0.3 is 14.8 Å². The van der Waals surface area contributed by atoms with Crippen LogP contribution in [-0.4, -0.2) is 13.0 Å². The van der Waals surface area contributed by atoms with Gasteiger partial charge in [0.2, 0.25) is 0 Å². The van der Waals surface area contributed by atoms with E-state index >= 15 is 0 Å². The minimum absolute atomic E-state index is 0.00821. The number of nitriles is 1. The van der Waals surface area contributed by atoms with E-state index in [4.69, 9.17) is 9.47 Å². The van der Waals surface area contributed by atoms with Crippen molar-refractivity contribution in [1.29, 1.82) is 5.26 Å². The van der Waals surface area contributed by atoms with Gasteiger partial charge in [-0.3, -0.25) is 4.79 Å². The van der Waals surface area contributed by atoms with Crippen molar-refractivity contribution < 1.29 is 14.3 Å². The quantitative estimate of drug-likeness (QED) is 0.158. The second-order valence-electron chi connectivity index (χ2n) is 7.44. The average Bonchev–Trinajstić information content (AvgIpc) is 2.87. The highest BCUT2D eigenvalue weighted by Gasteiger charge is 2.13. The SMILES string of the molecule is COc1cc(/C=C(/C#N)C(=O)Nc2ccccc2I)ccc1OCc1cccc2ccccc12. The lowest BCUT2D eigenvalue weighted by molar-refractivity contribution is -0.112. The summed E-state index contributed by atoms with van der Waals surface area (Å²) >= 11 is 2.13. The Hall–Kier alpha value is -3.83. The van der Waals surface area contributed by atoms with Crippen molar-refractivity contribution in [3.05, 3.63) is 105 Å². The number of carbonyl (C=O) groups excluding carboxylic acids is 1. The van der Waals surface area contributed by atoms with Gasteiger partial charge in [-0.05, 0) is 74.8 Å². The van der Waals surface area contributed by atoms with Crippen LogP contribution in [0.1, 0.15) is 11.1 Å². The second-order valence-corrected chi connectivity index (χ2v) is 8.60. The summed E-state index contributed by atoms with van der Waals surface area (Å²) in [5.74, 6) is 0.626. The largest absolute Gasteiger partial charge is 0.493 e. The fourth-order valence-corrected chi connectivity index (χ4v) is 4.06. The smallest absolute Gasteiger partial charge is 0.266 e. The molecule has 34 heavy (non-hydrogen) atoms. The van der Waals surface area contributed by atoms with Crippen LogP contribution in [0.3, 0.4) is 0 Å². The van der Waals surface area contributed by atoms with Crippen molar-refractivity contribution in [2.24, 2.45) is 0 Å². The molecule has 0 saturated carbocycles. The molecule has 0 spiro atoms. The van der Waals surface area contributed by atoms with Crippen molar-refractivity contribution in [3.8, 4) is 17.6 Å². The van der Waals surface area contributed by atoms with E-state index in [0.717, 1.165) is 19.9 Å². The van der Waals surface area contributed by atoms with Gasteiger partial charge in [0.05, 0.1) is 12.8 Å². The van der Waals surface area contributed by atoms with Gasteiger partial charge in [-0.25, -0.2) is 0 Å². The van der Waals surface area contributed by atoms with Crippen LogP contribution in [0.4, 0.5) is 5.69 Å². The van der Waals surface area contributed by atoms with Crippen molar-refractivity contribution >= 4 is 51.0 Å². The number of amides is 1. The lowest BCUT2D eigenvalue weighted by atomic mass is 10.1. The van der Waals surface area contributed by atoms with Crippen LogP contribution in [-0.2, 0) is 11.4 Å². The molecule has 168 valence electrons. The second kappa shape index (κ2) is 10.9. The third-order valence-electron chi connectivity index (χ3n) is 5.25. The van der Waals surface area contributed by atoms with E-state index in [0.29, 0.717) is 29.4 Å². The molecule has 0 bridgehead atoms. The summed E-state index contributed by atoms with van der Waals surface area (Å²) in [6, 6.07) is 29.0. The van der Waals surface area contributed by atoms with Gasteiger partial charge in [0.25, 0.3) is 5.91 Å². The van der Waals surface area contributed by atoms with E-state index in [9.17, 15) is 10.1 Å². The summed E-state index contributed by atoms with van der Waals surface area (Å²) in [4.78, 5) is 12.6. The first-order valence-electron chi connectivity index (χ1n) is 10.5. The Balaban J connectivity index is 1.53. The number of nitrogens with zero attached hydrogens (tertiary/aromatic N) is 1. The van der Waals surface area contributed by atoms with Crippen LogP contribution in [0.25, 0.3) is 16.8 Å². The normalized spacial score (nSPS) is 11.0. The molecule has 1 N–H and O–H groups in total. The van der Waals surface area contributed by atoms with Gasteiger partial charge in [-0.2, -0.15) is 5.26 Å². The first-order valence-corrected chi connectivity index (χ1v) is 11.6. The lowest BCUT2D eigenvalue weighted by Gasteiger charge is -2.13. The van der Waals surface area contributed by atoms with E-state index < -0.39 is 5.91 Å². The maximum absolute atomic E-state index is 12.6. The zero-order valence-electron chi connectivity index (χ0n) is 18.4. The number of hydrogen-bond acceptors (Lipinski definition) is 4. The van der Waals surface area contributed by atoms with Crippen molar-refractivity contribution in [1.82, 2.24) is 0 Å². The minimum Gasteiger partial charge on any atom is -0.493 e. The van der Waals surface area contributed by atoms with Gasteiger partial charge in [0.15, 0.2) is 11.5 Å². The fraction of sp³-hybridized carbons (Fsp3) is 0.0714. The molecule has 0 aliphatic rings. The molecule has 0 radical (unpaired) electrons. The summed E-state index contributed by atoms with van der Waals surface area (Å²) in [7, 11) is 1.56. The number of rotatable bonds is 7. The summed E-state index contributed by atoms with van der Waals surface area (Å²) in [6.45, 7) is 0.383. The number of halogens is 1. The highest BCUT2D eigenvalue weighted by Crippen LogP contribution is 2.30. The van der Waals surface area contributed by atoms with Crippen LogP contribution < -0.4 is 14.8 Å². The Bertz CT molecular complexity index is 1420. The molecule has 0 atom stereocenters. The maximum Gasteiger partial charge on any atom is 0.266 e. The molecule has 4 rings (SSSR count). The minimum atomic E-state index is -0.470. The van der Waals surface area contributed by atoms with E-state index in [1.165, 1.54) is 6.08 Å². The van der Waals surface area contributed by atoms with E-state index in [1.807, 2.05) is 48.5 Å². The molecular weight excluding hydrogens is 539 g/mol. The van der Waals surface area contributed by atoms with Gasteiger partial charge in [-0.1, -0.05) is 60.7 Å². The highest BCUT2D eigenvalue weighted by molar-refractivity contribution is 14.1. The number of ether oxygens (including phenoxy) is 2. The predicted molar refractivity (Wildman–Crippen MR) is 143 cm³/mol. The van der Waals surface area contributed by atoms with Crippen LogP contribution in [0.15, 0.2) is 90.5 Å². The molecule has 0 saturated heterocycles. The van der Waals surface area contributed by atoms with E-state index in [-0.39, 0.29) is 5.57 Å². The molecule has 4 aromatic carbocycles. The number of anilines is 1. The third-order valence-corrected chi connectivity index (χ3v) is 6.19. The number of nitrogens with one attached hydrogen (secondary N) is 1. The van der Waals surface area contributed by atoms with E-state index in [2.05, 4.69) is 46.1 Å². The number of fused-ring (bicyclic) bond motifs is 1. The first kappa shape index (κ1) is 23.3. The third kappa shape index (κ3) is 5.38. The van der Waals surface area contributed by atoms with Gasteiger partial charge >= 0.3 is 0 Å². The number of carbonyl (C=O) groups is 1. The molecule has 0 aliphatic carbocycles. The first-order chi connectivity index (χ1) is 16.6. The van der Waals surface area contributed by atoms with Crippen LogP contribution in [0, 0.1) is 14.9 Å². The van der Waals surface area contributed by atoms with Crippen LogP contribution in [0.2, 0.25) is 0 Å². The molecule has 4 aromatic rings. The van der Waals surface area contributed by atoms with Gasteiger partial charge in [0.1, 0.15) is 18.2 Å². The lowest BCUT2D eigenvalue weighted by Crippen LogP contribution is -2.14. The summed E-state index contributed by atoms with van der Waals surface area (Å²) in [6.07, 6.45) is 1.53. The summed E-state index contributed by atoms with van der Waals surface area (Å²) < 4.78 is 12.5. The molecule has 0 aromatic heterocycles. The molecule has 1 amide bonds. The summed E-state index contributed by atoms with van der Waals surface area (Å²) in [5, 5.41) is 14.6. The Morgan fingerprint density at radius 1 is 1.00 bits per heavy atom. The zero-order valence-corrected chi connectivity index (χ0v) is 20.6. The summed E-state index contributed by atoms with van der Waals surface area (Å²) in [5.41, 5.74) is 2.38. The number of methoxy groups -OCH3 is 1. The van der Waals surface area contributed by atoms with Crippen molar-refractivity contribution in [2.45, 2.75) is 6.61 Å². The highest BCUT2D eigenvalue weighted by atomic mass is 127. The molecule has 0 heterocycles. The monoisotopic (exact) mass is 560 g/mol. The Morgan fingerprint density at radius 2 is 1.76 bits per heavy atom. The molecular formula is C28H21IN2O3. The topological polar surface area (TPSA) is 71.3 Å². The molecule has 0 fully saturated rings. The van der Waals surface area contributed by atoms with Crippen molar-refractivity contribution in [3.63, 3.8) is 0 Å². The number of hydrogen-bond donors (Lipinski definition) is 1. The standard InChI is InChI=1S/C28H21IN2O3/c1-33-27-16-19(15-22(17-30)28(32)31-25-12-5-4-11-24(25)29)13-14-26(27)34-18-21-9-6-8-20-7-2-3-10-23(20)21/h2-16H,18H2,1H3,(H,31,32)/b22-15-. The average molecular weight is 560 g/mol. The van der Waals surface area contributed by atoms with Gasteiger partial charge in [-0.15, -0.1) is 0 Å². The molecule has 0 unspecified atom stereocenters. The van der Waals surface area contributed by atoms with E-state index in [1.54, 1.807) is 31.4 Å². The van der Waals surface area contributed by atoms with Crippen molar-refractivity contribution in [2.75, 3.05) is 12.4 Å². The predicted octanol–water partition coefficient (Wildman–Crippen LogP) is 6.58. The Labute approximate surface area is 211 Å². The van der Waals surface area contributed by atoms with Crippen LogP contribution >= 0.6 is 22.6 Å². The number of para-hydroxylation sites is 1.